The van der Waals surface area contributed by atoms with Crippen molar-refractivity contribution in [1.29, 1.82) is 0 Å². The van der Waals surface area contributed by atoms with Crippen molar-refractivity contribution in [3.63, 3.8) is 0 Å². The third kappa shape index (κ3) is 3.23. The van der Waals surface area contributed by atoms with Crippen molar-refractivity contribution < 1.29 is 8.42 Å². The van der Waals surface area contributed by atoms with Crippen LogP contribution >= 0.6 is 11.6 Å². The monoisotopic (exact) mass is 260 g/mol. The van der Waals surface area contributed by atoms with Crippen molar-refractivity contribution in [2.24, 2.45) is 0 Å². The maximum atomic E-state index is 11.8. The van der Waals surface area contributed by atoms with Crippen molar-refractivity contribution in [2.75, 3.05) is 12.3 Å². The van der Waals surface area contributed by atoms with Gasteiger partial charge in [0, 0.05) is 12.2 Å². The molecule has 0 fully saturated rings. The molecule has 0 bridgehead atoms. The van der Waals surface area contributed by atoms with Gasteiger partial charge in [0.05, 0.1) is 5.02 Å². The van der Waals surface area contributed by atoms with Gasteiger partial charge in [-0.1, -0.05) is 23.8 Å². The van der Waals surface area contributed by atoms with Crippen LogP contribution in [0.1, 0.15) is 6.92 Å². The molecule has 1 aromatic carbocycles. The zero-order valence-corrected chi connectivity index (χ0v) is 10.4. The Balaban J connectivity index is 3.07. The van der Waals surface area contributed by atoms with Crippen LogP contribution in [0.15, 0.2) is 35.2 Å². The molecule has 0 unspecified atom stereocenters. The minimum absolute atomic E-state index is 0.0181. The van der Waals surface area contributed by atoms with Gasteiger partial charge in [-0.25, -0.2) is 13.1 Å². The van der Waals surface area contributed by atoms with E-state index in [1.807, 2.05) is 0 Å². The summed E-state index contributed by atoms with van der Waals surface area (Å²) in [5.41, 5.74) is 6.57. The van der Waals surface area contributed by atoms with E-state index in [0.717, 1.165) is 0 Å². The molecule has 0 radical (unpaired) electrons. The first kappa shape index (κ1) is 13.0. The van der Waals surface area contributed by atoms with Crippen LogP contribution in [0, 0.1) is 0 Å². The van der Waals surface area contributed by atoms with Gasteiger partial charge in [-0.2, -0.15) is 0 Å². The fraction of sp³-hybridized carbons (Fsp3) is 0.200. The molecule has 0 spiro atoms. The third-order valence-electron chi connectivity index (χ3n) is 1.81. The minimum Gasteiger partial charge on any atom is -0.399 e. The lowest BCUT2D eigenvalue weighted by Crippen LogP contribution is -2.25. The van der Waals surface area contributed by atoms with Crippen molar-refractivity contribution >= 4 is 27.3 Å². The van der Waals surface area contributed by atoms with Gasteiger partial charge < -0.3 is 5.73 Å². The van der Waals surface area contributed by atoms with Crippen LogP contribution in [-0.2, 0) is 10.0 Å². The smallest absolute Gasteiger partial charge is 0.242 e. The maximum Gasteiger partial charge on any atom is 0.242 e. The van der Waals surface area contributed by atoms with Gasteiger partial charge in [0.2, 0.25) is 10.0 Å². The number of rotatable bonds is 4. The van der Waals surface area contributed by atoms with E-state index in [9.17, 15) is 8.42 Å². The summed E-state index contributed by atoms with van der Waals surface area (Å²) < 4.78 is 26.0. The highest BCUT2D eigenvalue weighted by molar-refractivity contribution is 7.89. The van der Waals surface area contributed by atoms with E-state index in [-0.39, 0.29) is 16.5 Å². The summed E-state index contributed by atoms with van der Waals surface area (Å²) >= 11 is 5.80. The molecule has 0 saturated carbocycles. The summed E-state index contributed by atoms with van der Waals surface area (Å²) in [4.78, 5) is -0.0181. The predicted octanol–water partition coefficient (Wildman–Crippen LogP) is 1.78. The van der Waals surface area contributed by atoms with Gasteiger partial charge >= 0.3 is 0 Å². The molecule has 0 aromatic heterocycles. The van der Waals surface area contributed by atoms with Crippen LogP contribution in [0.4, 0.5) is 5.69 Å². The average Bonchev–Trinajstić information content (AvgIpc) is 2.19. The molecule has 0 amide bonds. The van der Waals surface area contributed by atoms with Crippen LogP contribution in [-0.4, -0.2) is 15.0 Å². The van der Waals surface area contributed by atoms with E-state index in [1.54, 1.807) is 13.0 Å². The minimum atomic E-state index is -3.63. The largest absolute Gasteiger partial charge is 0.399 e. The lowest BCUT2D eigenvalue weighted by atomic mass is 10.3. The molecule has 0 atom stereocenters. The number of benzene rings is 1. The van der Waals surface area contributed by atoms with Crippen LogP contribution in [0.25, 0.3) is 0 Å². The van der Waals surface area contributed by atoms with Gasteiger partial charge in [0.15, 0.2) is 0 Å². The SMILES string of the molecule is C=C(C)CNS(=O)(=O)c1cc(N)ccc1Cl. The molecule has 0 aliphatic carbocycles. The number of sulfonamides is 1. The number of nitrogens with two attached hydrogens (primary N) is 1. The molecular formula is C10H13ClN2O2S. The summed E-state index contributed by atoms with van der Waals surface area (Å²) in [7, 11) is -3.63. The first-order valence-electron chi connectivity index (χ1n) is 4.52. The number of nitrogen functional groups attached to an aromatic ring is 1. The van der Waals surface area contributed by atoms with Crippen molar-refractivity contribution in [2.45, 2.75) is 11.8 Å². The third-order valence-corrected chi connectivity index (χ3v) is 3.69. The fourth-order valence-corrected chi connectivity index (χ4v) is 2.65. The highest BCUT2D eigenvalue weighted by atomic mass is 35.5. The second-order valence-corrected chi connectivity index (χ2v) is 5.61. The zero-order valence-electron chi connectivity index (χ0n) is 8.83. The summed E-state index contributed by atoms with van der Waals surface area (Å²) in [6.07, 6.45) is 0. The highest BCUT2D eigenvalue weighted by Crippen LogP contribution is 2.23. The van der Waals surface area contributed by atoms with Gasteiger partial charge in [-0.05, 0) is 25.1 Å². The van der Waals surface area contributed by atoms with Crippen LogP contribution < -0.4 is 10.5 Å². The second-order valence-electron chi connectivity index (χ2n) is 3.47. The predicted molar refractivity (Wildman–Crippen MR) is 65.9 cm³/mol. The number of anilines is 1. The molecule has 4 nitrogen and oxygen atoms in total. The van der Waals surface area contributed by atoms with E-state index in [1.165, 1.54) is 12.1 Å². The van der Waals surface area contributed by atoms with Crippen molar-refractivity contribution in [3.05, 3.63) is 35.4 Å². The lowest BCUT2D eigenvalue weighted by Gasteiger charge is -2.08. The van der Waals surface area contributed by atoms with Gasteiger partial charge in [0.1, 0.15) is 4.90 Å². The van der Waals surface area contributed by atoms with E-state index in [0.29, 0.717) is 11.3 Å². The highest BCUT2D eigenvalue weighted by Gasteiger charge is 2.17. The molecule has 6 heteroatoms. The molecular weight excluding hydrogens is 248 g/mol. The van der Waals surface area contributed by atoms with Crippen LogP contribution in [0.2, 0.25) is 5.02 Å². The van der Waals surface area contributed by atoms with Gasteiger partial charge in [-0.3, -0.25) is 0 Å². The maximum absolute atomic E-state index is 11.8. The number of halogens is 1. The summed E-state index contributed by atoms with van der Waals surface area (Å²) in [5, 5.41) is 0.142. The van der Waals surface area contributed by atoms with Gasteiger partial charge in [-0.15, -0.1) is 0 Å². The Kier molecular flexibility index (Phi) is 3.96. The van der Waals surface area contributed by atoms with E-state index >= 15 is 0 Å². The lowest BCUT2D eigenvalue weighted by molar-refractivity contribution is 0.585. The molecule has 0 heterocycles. The Morgan fingerprint density at radius 2 is 2.19 bits per heavy atom. The molecule has 3 N–H and O–H groups in total. The van der Waals surface area contributed by atoms with Crippen LogP contribution in [0.3, 0.4) is 0 Å². The van der Waals surface area contributed by atoms with E-state index in [4.69, 9.17) is 17.3 Å². The molecule has 0 aliphatic rings. The quantitative estimate of drug-likeness (QED) is 0.640. The first-order chi connectivity index (χ1) is 7.33. The normalized spacial score (nSPS) is 11.4. The summed E-state index contributed by atoms with van der Waals surface area (Å²) in [6.45, 7) is 5.51. The molecule has 0 saturated heterocycles. The topological polar surface area (TPSA) is 72.2 Å². The molecule has 16 heavy (non-hydrogen) atoms. The first-order valence-corrected chi connectivity index (χ1v) is 6.38. The van der Waals surface area contributed by atoms with Crippen molar-refractivity contribution in [1.82, 2.24) is 4.72 Å². The van der Waals surface area contributed by atoms with Gasteiger partial charge in [0.25, 0.3) is 0 Å². The Labute approximate surface area is 100 Å². The second kappa shape index (κ2) is 4.86. The summed E-state index contributed by atoms with van der Waals surface area (Å²) in [6, 6.07) is 4.31. The number of nitrogens with one attached hydrogen (secondary N) is 1. The van der Waals surface area contributed by atoms with Crippen LogP contribution in [0.5, 0.6) is 0 Å². The molecule has 88 valence electrons. The Hall–Kier alpha value is -1.04. The summed E-state index contributed by atoms with van der Waals surface area (Å²) in [5.74, 6) is 0. The molecule has 0 aliphatic heterocycles. The zero-order chi connectivity index (χ0) is 12.3. The molecule has 1 aromatic rings. The average molecular weight is 261 g/mol. The van der Waals surface area contributed by atoms with E-state index < -0.39 is 10.0 Å². The Morgan fingerprint density at radius 1 is 1.56 bits per heavy atom. The number of hydrogen-bond acceptors (Lipinski definition) is 3. The Morgan fingerprint density at radius 3 is 2.75 bits per heavy atom. The Bertz CT molecular complexity index is 512. The standard InChI is InChI=1S/C10H13ClN2O2S/c1-7(2)6-13-16(14,15)10-5-8(12)3-4-9(10)11/h3-5,13H,1,6,12H2,2H3. The fourth-order valence-electron chi connectivity index (χ4n) is 1.02. The van der Waals surface area contributed by atoms with Crippen molar-refractivity contribution in [3.8, 4) is 0 Å². The molecule has 1 rings (SSSR count). The number of hydrogen-bond donors (Lipinski definition) is 2. The van der Waals surface area contributed by atoms with E-state index in [2.05, 4.69) is 11.3 Å².